The third kappa shape index (κ3) is 3.41. The number of methoxy groups -OCH3 is 1. The normalized spacial score (nSPS) is 11.6. The minimum absolute atomic E-state index is 0.267. The van der Waals surface area contributed by atoms with E-state index in [2.05, 4.69) is 18.8 Å². The van der Waals surface area contributed by atoms with Gasteiger partial charge < -0.3 is 14.9 Å². The van der Waals surface area contributed by atoms with Gasteiger partial charge in [0.1, 0.15) is 17.3 Å². The number of aromatic nitrogens is 1. The summed E-state index contributed by atoms with van der Waals surface area (Å²) < 4.78 is 11.6. The summed E-state index contributed by atoms with van der Waals surface area (Å²) in [7, 11) is 1.60. The number of hydrogen-bond acceptors (Lipinski definition) is 4. The molecule has 0 bridgehead atoms. The van der Waals surface area contributed by atoms with Gasteiger partial charge in [-0.2, -0.15) is 0 Å². The lowest BCUT2D eigenvalue weighted by Gasteiger charge is -2.18. The van der Waals surface area contributed by atoms with Crippen molar-refractivity contribution in [1.29, 1.82) is 0 Å². The lowest BCUT2D eigenvalue weighted by atomic mass is 9.90. The number of nitrogens with two attached hydrogens (primary N) is 1. The maximum atomic E-state index is 6.23. The van der Waals surface area contributed by atoms with Crippen LogP contribution in [-0.2, 0) is 5.41 Å². The molecule has 0 spiro atoms. The van der Waals surface area contributed by atoms with Crippen molar-refractivity contribution in [2.45, 2.75) is 19.3 Å². The minimum atomic E-state index is -0.267. The lowest BCUT2D eigenvalue weighted by Crippen LogP contribution is -2.27. The third-order valence-electron chi connectivity index (χ3n) is 4.31. The molecule has 1 aromatic carbocycles. The van der Waals surface area contributed by atoms with Crippen LogP contribution in [0.15, 0.2) is 53.2 Å². The summed E-state index contributed by atoms with van der Waals surface area (Å²) in [4.78, 5) is 4.08. The summed E-state index contributed by atoms with van der Waals surface area (Å²) in [6.07, 6.45) is 3.50. The van der Waals surface area contributed by atoms with E-state index in [9.17, 15) is 0 Å². The molecule has 0 aliphatic rings. The van der Waals surface area contributed by atoms with Crippen LogP contribution in [0.2, 0.25) is 5.02 Å². The number of pyridine rings is 1. The second kappa shape index (κ2) is 6.90. The number of halogens is 1. The topological polar surface area (TPSA) is 61.3 Å². The van der Waals surface area contributed by atoms with Crippen molar-refractivity contribution in [2.75, 3.05) is 13.7 Å². The van der Waals surface area contributed by atoms with Gasteiger partial charge in [-0.15, -0.1) is 0 Å². The molecular formula is C20H21ClN2O2. The van der Waals surface area contributed by atoms with Crippen molar-refractivity contribution in [1.82, 2.24) is 4.98 Å². The molecule has 0 fully saturated rings. The molecule has 0 amide bonds. The average molecular weight is 357 g/mol. The first-order valence-electron chi connectivity index (χ1n) is 8.05. The van der Waals surface area contributed by atoms with E-state index in [-0.39, 0.29) is 5.41 Å². The van der Waals surface area contributed by atoms with Gasteiger partial charge in [0.05, 0.1) is 12.1 Å². The van der Waals surface area contributed by atoms with E-state index in [1.54, 1.807) is 19.5 Å². The Morgan fingerprint density at radius 3 is 2.48 bits per heavy atom. The first-order chi connectivity index (χ1) is 12.0. The number of rotatable bonds is 5. The van der Waals surface area contributed by atoms with E-state index in [1.807, 2.05) is 36.4 Å². The molecule has 0 aliphatic carbocycles. The predicted octanol–water partition coefficient (Wildman–Crippen LogP) is 4.91. The maximum absolute atomic E-state index is 6.23. The van der Waals surface area contributed by atoms with E-state index in [1.165, 1.54) is 0 Å². The van der Waals surface area contributed by atoms with E-state index < -0.39 is 0 Å². The van der Waals surface area contributed by atoms with Crippen LogP contribution >= 0.6 is 11.6 Å². The molecule has 0 atom stereocenters. The first-order valence-corrected chi connectivity index (χ1v) is 8.43. The van der Waals surface area contributed by atoms with Crippen molar-refractivity contribution in [3.63, 3.8) is 0 Å². The summed E-state index contributed by atoms with van der Waals surface area (Å²) >= 11 is 6.17. The fourth-order valence-corrected chi connectivity index (χ4v) is 2.78. The monoisotopic (exact) mass is 356 g/mol. The van der Waals surface area contributed by atoms with Crippen LogP contribution in [-0.4, -0.2) is 18.6 Å². The van der Waals surface area contributed by atoms with Crippen LogP contribution in [0.25, 0.3) is 22.5 Å². The van der Waals surface area contributed by atoms with Crippen LogP contribution in [0.3, 0.4) is 0 Å². The fourth-order valence-electron chi connectivity index (χ4n) is 2.58. The summed E-state index contributed by atoms with van der Waals surface area (Å²) in [5, 5.41) is 0.572. The van der Waals surface area contributed by atoms with Gasteiger partial charge in [-0.3, -0.25) is 4.98 Å². The van der Waals surface area contributed by atoms with Gasteiger partial charge in [0.25, 0.3) is 0 Å². The van der Waals surface area contributed by atoms with Crippen molar-refractivity contribution in [3.05, 3.63) is 59.6 Å². The number of hydrogen-bond donors (Lipinski definition) is 1. The zero-order valence-electron chi connectivity index (χ0n) is 14.5. The molecule has 0 saturated carbocycles. The smallest absolute Gasteiger partial charge is 0.142 e. The van der Waals surface area contributed by atoms with Gasteiger partial charge in [-0.05, 0) is 35.9 Å². The average Bonchev–Trinajstić information content (AvgIpc) is 3.09. The number of nitrogens with zero attached hydrogens (tertiary/aromatic N) is 1. The molecule has 0 unspecified atom stereocenters. The largest absolute Gasteiger partial charge is 0.495 e. The van der Waals surface area contributed by atoms with Gasteiger partial charge in [0.2, 0.25) is 0 Å². The zero-order valence-corrected chi connectivity index (χ0v) is 15.3. The van der Waals surface area contributed by atoms with Crippen molar-refractivity contribution < 1.29 is 9.15 Å². The summed E-state index contributed by atoms with van der Waals surface area (Å²) in [5.41, 5.74) is 8.56. The SMILES string of the molecule is COc1cc(-c2cc(C(C)(C)CN)oc2-c2ccncc2)ccc1Cl. The number of furan rings is 1. The molecule has 130 valence electrons. The summed E-state index contributed by atoms with van der Waals surface area (Å²) in [6, 6.07) is 11.6. The van der Waals surface area contributed by atoms with E-state index in [4.69, 9.17) is 26.5 Å². The first kappa shape index (κ1) is 17.5. The molecule has 0 saturated heterocycles. The van der Waals surface area contributed by atoms with E-state index in [0.717, 1.165) is 28.2 Å². The van der Waals surface area contributed by atoms with Crippen LogP contribution in [0.5, 0.6) is 5.75 Å². The highest BCUT2D eigenvalue weighted by Gasteiger charge is 2.26. The molecule has 3 rings (SSSR count). The van der Waals surface area contributed by atoms with Crippen LogP contribution in [0, 0.1) is 0 Å². The van der Waals surface area contributed by atoms with Gasteiger partial charge >= 0.3 is 0 Å². The van der Waals surface area contributed by atoms with Crippen molar-refractivity contribution >= 4 is 11.6 Å². The highest BCUT2D eigenvalue weighted by molar-refractivity contribution is 6.32. The lowest BCUT2D eigenvalue weighted by molar-refractivity contribution is 0.398. The summed E-state index contributed by atoms with van der Waals surface area (Å²) in [5.74, 6) is 2.25. The Kier molecular flexibility index (Phi) is 4.84. The second-order valence-corrected chi connectivity index (χ2v) is 6.93. The van der Waals surface area contributed by atoms with Crippen molar-refractivity contribution in [2.24, 2.45) is 5.73 Å². The van der Waals surface area contributed by atoms with E-state index in [0.29, 0.717) is 17.3 Å². The summed E-state index contributed by atoms with van der Waals surface area (Å²) in [6.45, 7) is 4.61. The van der Waals surface area contributed by atoms with Gasteiger partial charge in [0.15, 0.2) is 0 Å². The van der Waals surface area contributed by atoms with Gasteiger partial charge in [-0.25, -0.2) is 0 Å². The quantitative estimate of drug-likeness (QED) is 0.705. The molecule has 2 aromatic heterocycles. The molecule has 2 heterocycles. The number of ether oxygens (including phenoxy) is 1. The van der Waals surface area contributed by atoms with Crippen LogP contribution in [0.4, 0.5) is 0 Å². The van der Waals surface area contributed by atoms with Crippen LogP contribution < -0.4 is 10.5 Å². The standard InChI is InChI=1S/C20H21ClN2O2/c1-20(2,12-22)18-11-15(14-4-5-16(21)17(10-14)24-3)19(25-18)13-6-8-23-9-7-13/h4-11H,12,22H2,1-3H3. The molecule has 25 heavy (non-hydrogen) atoms. The Morgan fingerprint density at radius 1 is 1.12 bits per heavy atom. The number of benzene rings is 1. The Balaban J connectivity index is 2.21. The maximum Gasteiger partial charge on any atom is 0.142 e. The zero-order chi connectivity index (χ0) is 18.0. The molecule has 2 N–H and O–H groups in total. The Morgan fingerprint density at radius 2 is 1.84 bits per heavy atom. The molecular weight excluding hydrogens is 336 g/mol. The highest BCUT2D eigenvalue weighted by Crippen LogP contribution is 2.40. The molecule has 0 radical (unpaired) electrons. The van der Waals surface area contributed by atoms with Gasteiger partial charge in [0, 0.05) is 35.5 Å². The molecule has 5 heteroatoms. The molecule has 3 aromatic rings. The van der Waals surface area contributed by atoms with E-state index >= 15 is 0 Å². The van der Waals surface area contributed by atoms with Gasteiger partial charge in [-0.1, -0.05) is 31.5 Å². The Hall–Kier alpha value is -2.30. The van der Waals surface area contributed by atoms with Crippen molar-refractivity contribution in [3.8, 4) is 28.2 Å². The minimum Gasteiger partial charge on any atom is -0.495 e. The predicted molar refractivity (Wildman–Crippen MR) is 101 cm³/mol. The third-order valence-corrected chi connectivity index (χ3v) is 4.63. The molecule has 0 aliphatic heterocycles. The fraction of sp³-hybridized carbons (Fsp3) is 0.250. The second-order valence-electron chi connectivity index (χ2n) is 6.53. The van der Waals surface area contributed by atoms with Crippen LogP contribution in [0.1, 0.15) is 19.6 Å². The molecule has 4 nitrogen and oxygen atoms in total. The highest BCUT2D eigenvalue weighted by atomic mass is 35.5. The Labute approximate surface area is 152 Å². The Bertz CT molecular complexity index is 873.